The lowest BCUT2D eigenvalue weighted by Crippen LogP contribution is -1.86. The first kappa shape index (κ1) is 9.16. The Hall–Kier alpha value is -2.09. The minimum absolute atomic E-state index is 0.759. The number of carbonyl (C=O) groups is 1. The summed E-state index contributed by atoms with van der Waals surface area (Å²) in [5, 5.41) is 2.19. The van der Waals surface area contributed by atoms with Crippen molar-refractivity contribution >= 4 is 28.1 Å². The lowest BCUT2D eigenvalue weighted by molar-refractivity contribution is 0.112. The highest BCUT2D eigenvalue weighted by molar-refractivity contribution is 6.14. The van der Waals surface area contributed by atoms with Crippen LogP contribution in [0.15, 0.2) is 42.5 Å². The molecule has 0 spiro atoms. The molecule has 0 atom stereocenters. The third-order valence-electron chi connectivity index (χ3n) is 3.10. The Morgan fingerprint density at radius 3 is 2.56 bits per heavy atom. The summed E-state index contributed by atoms with van der Waals surface area (Å²) in [5.74, 6) is 0. The normalized spacial score (nSPS) is 11.1. The first-order valence-corrected chi connectivity index (χ1v) is 5.24. The Morgan fingerprint density at radius 2 is 1.75 bits per heavy atom. The summed E-state index contributed by atoms with van der Waals surface area (Å²) in [6.07, 6.45) is 0.925. The van der Waals surface area contributed by atoms with Gasteiger partial charge in [0.2, 0.25) is 0 Å². The average Bonchev–Trinajstić information content (AvgIpc) is 2.64. The van der Waals surface area contributed by atoms with Crippen molar-refractivity contribution in [3.8, 4) is 0 Å². The van der Waals surface area contributed by atoms with Crippen LogP contribution in [0.2, 0.25) is 0 Å². The molecule has 0 radical (unpaired) electrons. The highest BCUT2D eigenvalue weighted by Gasteiger charge is 2.09. The molecule has 0 aliphatic heterocycles. The maximum Gasteiger partial charge on any atom is 0.150 e. The fourth-order valence-corrected chi connectivity index (χ4v) is 2.34. The lowest BCUT2D eigenvalue weighted by atomic mass is 10.1. The highest BCUT2D eigenvalue weighted by Crippen LogP contribution is 2.29. The van der Waals surface area contributed by atoms with E-state index in [2.05, 4.69) is 16.7 Å². The Kier molecular flexibility index (Phi) is 1.83. The predicted molar refractivity (Wildman–Crippen MR) is 65.8 cm³/mol. The van der Waals surface area contributed by atoms with Gasteiger partial charge in [0.05, 0.1) is 0 Å². The molecule has 0 saturated carbocycles. The molecule has 0 amide bonds. The number of carbonyl (C=O) groups excluding carboxylic acids is 1. The first-order valence-electron chi connectivity index (χ1n) is 5.24. The van der Waals surface area contributed by atoms with Crippen LogP contribution in [0.3, 0.4) is 0 Å². The van der Waals surface area contributed by atoms with Gasteiger partial charge in [0.1, 0.15) is 0 Å². The zero-order chi connectivity index (χ0) is 11.1. The van der Waals surface area contributed by atoms with Gasteiger partial charge in [-0.25, -0.2) is 0 Å². The summed E-state index contributed by atoms with van der Waals surface area (Å²) in [4.78, 5) is 11.1. The fraction of sp³-hybridized carbons (Fsp3) is 0.0714. The number of aromatic nitrogens is 1. The van der Waals surface area contributed by atoms with Gasteiger partial charge >= 0.3 is 0 Å². The van der Waals surface area contributed by atoms with E-state index in [1.54, 1.807) is 0 Å². The minimum atomic E-state index is 0.759. The van der Waals surface area contributed by atoms with Crippen LogP contribution in [0.5, 0.6) is 0 Å². The maximum absolute atomic E-state index is 11.1. The molecule has 0 fully saturated rings. The molecule has 3 aromatic rings. The predicted octanol–water partition coefficient (Wildman–Crippen LogP) is 3.14. The van der Waals surface area contributed by atoms with Crippen molar-refractivity contribution in [3.63, 3.8) is 0 Å². The van der Waals surface area contributed by atoms with E-state index in [0.29, 0.717) is 0 Å². The van der Waals surface area contributed by atoms with Crippen molar-refractivity contribution in [3.05, 3.63) is 48.0 Å². The topological polar surface area (TPSA) is 22.0 Å². The van der Waals surface area contributed by atoms with Crippen molar-refractivity contribution in [2.45, 2.75) is 0 Å². The number of rotatable bonds is 1. The summed E-state index contributed by atoms with van der Waals surface area (Å²) in [6, 6.07) is 14.0. The van der Waals surface area contributed by atoms with Gasteiger partial charge in [0.25, 0.3) is 0 Å². The minimum Gasteiger partial charge on any atom is -0.344 e. The largest absolute Gasteiger partial charge is 0.344 e. The zero-order valence-electron chi connectivity index (χ0n) is 8.97. The number of benzene rings is 2. The van der Waals surface area contributed by atoms with Crippen molar-refractivity contribution in [2.24, 2.45) is 7.05 Å². The standard InChI is InChI=1S/C14H11NO/c1-15-12-7-3-2-6-11(12)14-10(9-16)5-4-8-13(14)15/h2-9H,1H3. The van der Waals surface area contributed by atoms with E-state index in [1.807, 2.05) is 37.4 Å². The summed E-state index contributed by atoms with van der Waals surface area (Å²) in [5.41, 5.74) is 3.02. The molecule has 0 saturated heterocycles. The second-order valence-corrected chi connectivity index (χ2v) is 3.94. The van der Waals surface area contributed by atoms with Gasteiger partial charge in [0.15, 0.2) is 6.29 Å². The van der Waals surface area contributed by atoms with Crippen LogP contribution in [-0.4, -0.2) is 10.9 Å². The van der Waals surface area contributed by atoms with Crippen LogP contribution in [-0.2, 0) is 7.05 Å². The molecule has 0 bridgehead atoms. The second-order valence-electron chi connectivity index (χ2n) is 3.94. The lowest BCUT2D eigenvalue weighted by Gasteiger charge is -1.97. The van der Waals surface area contributed by atoms with Crippen molar-refractivity contribution in [1.82, 2.24) is 4.57 Å². The number of aryl methyl sites for hydroxylation is 1. The van der Waals surface area contributed by atoms with E-state index in [4.69, 9.17) is 0 Å². The summed E-state index contributed by atoms with van der Waals surface area (Å²) < 4.78 is 2.12. The van der Waals surface area contributed by atoms with E-state index in [9.17, 15) is 4.79 Å². The molecule has 78 valence electrons. The molecule has 0 aliphatic rings. The molecule has 2 nitrogen and oxygen atoms in total. The molecule has 0 N–H and O–H groups in total. The molecular weight excluding hydrogens is 198 g/mol. The molecule has 16 heavy (non-hydrogen) atoms. The van der Waals surface area contributed by atoms with Crippen molar-refractivity contribution in [2.75, 3.05) is 0 Å². The van der Waals surface area contributed by atoms with E-state index in [1.165, 1.54) is 0 Å². The number of hydrogen-bond acceptors (Lipinski definition) is 1. The van der Waals surface area contributed by atoms with Gasteiger partial charge in [-0.05, 0) is 12.1 Å². The summed E-state index contributed by atoms with van der Waals surface area (Å²) >= 11 is 0. The zero-order valence-corrected chi connectivity index (χ0v) is 8.97. The quantitative estimate of drug-likeness (QED) is 0.564. The van der Waals surface area contributed by atoms with Crippen molar-refractivity contribution < 1.29 is 4.79 Å². The van der Waals surface area contributed by atoms with Gasteiger partial charge in [-0.1, -0.05) is 30.3 Å². The Bertz CT molecular complexity index is 694. The average molecular weight is 209 g/mol. The monoisotopic (exact) mass is 209 g/mol. The van der Waals surface area contributed by atoms with E-state index < -0.39 is 0 Å². The number of nitrogens with zero attached hydrogens (tertiary/aromatic N) is 1. The van der Waals surface area contributed by atoms with E-state index in [-0.39, 0.29) is 0 Å². The Balaban J connectivity index is 2.67. The molecule has 2 aromatic carbocycles. The molecule has 0 aliphatic carbocycles. The van der Waals surface area contributed by atoms with Crippen molar-refractivity contribution in [1.29, 1.82) is 0 Å². The van der Waals surface area contributed by atoms with Gasteiger partial charge in [-0.3, -0.25) is 4.79 Å². The van der Waals surface area contributed by atoms with Crippen LogP contribution in [0, 0.1) is 0 Å². The maximum atomic E-state index is 11.1. The third kappa shape index (κ3) is 1.04. The molecule has 0 unspecified atom stereocenters. The summed E-state index contributed by atoms with van der Waals surface area (Å²) in [6.45, 7) is 0. The number of para-hydroxylation sites is 1. The fourth-order valence-electron chi connectivity index (χ4n) is 2.34. The number of hydrogen-bond donors (Lipinski definition) is 0. The Morgan fingerprint density at radius 1 is 1.00 bits per heavy atom. The molecule has 1 aromatic heterocycles. The molecular formula is C14H11NO. The van der Waals surface area contributed by atoms with E-state index in [0.717, 1.165) is 33.7 Å². The first-order chi connectivity index (χ1) is 7.83. The van der Waals surface area contributed by atoms with Crippen LogP contribution in [0.25, 0.3) is 21.8 Å². The molecule has 2 heteroatoms. The third-order valence-corrected chi connectivity index (χ3v) is 3.10. The molecule has 1 heterocycles. The number of aldehydes is 1. The molecule has 3 rings (SSSR count). The summed E-state index contributed by atoms with van der Waals surface area (Å²) in [7, 11) is 2.03. The van der Waals surface area contributed by atoms with Gasteiger partial charge in [-0.2, -0.15) is 0 Å². The van der Waals surface area contributed by atoms with Gasteiger partial charge < -0.3 is 4.57 Å². The van der Waals surface area contributed by atoms with Gasteiger partial charge in [-0.15, -0.1) is 0 Å². The Labute approximate surface area is 93.1 Å². The SMILES string of the molecule is Cn1c2ccccc2c2c(C=O)cccc21. The second kappa shape index (κ2) is 3.20. The number of fused-ring (bicyclic) bond motifs is 3. The van der Waals surface area contributed by atoms with Crippen LogP contribution in [0.1, 0.15) is 10.4 Å². The smallest absolute Gasteiger partial charge is 0.150 e. The van der Waals surface area contributed by atoms with Gasteiger partial charge in [0, 0.05) is 34.4 Å². The van der Waals surface area contributed by atoms with Crippen LogP contribution in [0.4, 0.5) is 0 Å². The highest BCUT2D eigenvalue weighted by atomic mass is 16.1. The van der Waals surface area contributed by atoms with E-state index >= 15 is 0 Å². The van der Waals surface area contributed by atoms with Crippen LogP contribution < -0.4 is 0 Å². The van der Waals surface area contributed by atoms with Crippen LogP contribution >= 0.6 is 0 Å².